The molecule has 3 unspecified atom stereocenters. The fourth-order valence-corrected chi connectivity index (χ4v) is 1.75. The molecule has 3 atom stereocenters. The fourth-order valence-electron chi connectivity index (χ4n) is 1.75. The van der Waals surface area contributed by atoms with Crippen LogP contribution in [0, 0.1) is 5.92 Å². The molecule has 3 heteroatoms. The highest BCUT2D eigenvalue weighted by Crippen LogP contribution is 2.26. The Bertz CT molecular complexity index is 119. The van der Waals surface area contributed by atoms with Gasteiger partial charge in [-0.25, -0.2) is 0 Å². The van der Waals surface area contributed by atoms with Gasteiger partial charge < -0.3 is 15.9 Å². The third kappa shape index (κ3) is 2.43. The molecule has 3 nitrogen and oxygen atoms in total. The third-order valence-corrected chi connectivity index (χ3v) is 2.45. The van der Waals surface area contributed by atoms with E-state index in [0.29, 0.717) is 6.54 Å². The number of aliphatic hydroxyl groups excluding tert-OH is 2. The maximum Gasteiger partial charge on any atom is 0.0570 e. The molecule has 0 radical (unpaired) electrons. The quantitative estimate of drug-likeness (QED) is 0.525. The number of aliphatic hydroxyl groups is 2. The molecule has 11 heavy (non-hydrogen) atoms. The second-order valence-electron chi connectivity index (χ2n) is 3.37. The minimum Gasteiger partial charge on any atom is -0.393 e. The van der Waals surface area contributed by atoms with Gasteiger partial charge in [-0.1, -0.05) is 0 Å². The molecule has 0 aromatic heterocycles. The van der Waals surface area contributed by atoms with E-state index >= 15 is 0 Å². The molecule has 0 spiro atoms. The average Bonchev–Trinajstić information content (AvgIpc) is 1.98. The van der Waals surface area contributed by atoms with E-state index in [9.17, 15) is 10.2 Å². The van der Waals surface area contributed by atoms with E-state index in [2.05, 4.69) is 0 Å². The van der Waals surface area contributed by atoms with E-state index in [4.69, 9.17) is 5.73 Å². The first-order chi connectivity index (χ1) is 5.24. The lowest BCUT2D eigenvalue weighted by molar-refractivity contribution is 0.00481. The van der Waals surface area contributed by atoms with Crippen LogP contribution in [0.25, 0.3) is 0 Å². The first-order valence-electron chi connectivity index (χ1n) is 4.30. The van der Waals surface area contributed by atoms with Crippen molar-refractivity contribution in [2.24, 2.45) is 11.7 Å². The van der Waals surface area contributed by atoms with Crippen LogP contribution in [0.1, 0.15) is 25.7 Å². The molecular formula is C8H17NO2. The monoisotopic (exact) mass is 159 g/mol. The second kappa shape index (κ2) is 4.04. The summed E-state index contributed by atoms with van der Waals surface area (Å²) in [5.74, 6) is 0.226. The van der Waals surface area contributed by atoms with Gasteiger partial charge in [-0.3, -0.25) is 0 Å². The van der Waals surface area contributed by atoms with Crippen LogP contribution < -0.4 is 5.73 Å². The van der Waals surface area contributed by atoms with Crippen molar-refractivity contribution in [3.05, 3.63) is 0 Å². The predicted octanol–water partition coefficient (Wildman–Crippen LogP) is -0.143. The van der Waals surface area contributed by atoms with Crippen LogP contribution in [0.4, 0.5) is 0 Å². The highest BCUT2D eigenvalue weighted by Gasteiger charge is 2.26. The summed E-state index contributed by atoms with van der Waals surface area (Å²) in [7, 11) is 0. The number of hydrogen-bond acceptors (Lipinski definition) is 3. The summed E-state index contributed by atoms with van der Waals surface area (Å²) >= 11 is 0. The summed E-state index contributed by atoms with van der Waals surface area (Å²) in [6, 6.07) is 0. The molecular weight excluding hydrogens is 142 g/mol. The number of nitrogens with two attached hydrogens (primary N) is 1. The van der Waals surface area contributed by atoms with Crippen molar-refractivity contribution in [3.63, 3.8) is 0 Å². The summed E-state index contributed by atoms with van der Waals surface area (Å²) in [6.45, 7) is 0.606. The summed E-state index contributed by atoms with van der Waals surface area (Å²) in [4.78, 5) is 0. The van der Waals surface area contributed by atoms with Crippen molar-refractivity contribution in [2.45, 2.75) is 37.9 Å². The van der Waals surface area contributed by atoms with Crippen molar-refractivity contribution >= 4 is 0 Å². The van der Waals surface area contributed by atoms with Crippen LogP contribution >= 0.6 is 0 Å². The first-order valence-corrected chi connectivity index (χ1v) is 4.30. The highest BCUT2D eigenvalue weighted by atomic mass is 16.3. The molecule has 0 aromatic rings. The molecule has 1 aliphatic rings. The van der Waals surface area contributed by atoms with Crippen molar-refractivity contribution in [1.29, 1.82) is 0 Å². The Morgan fingerprint density at radius 3 is 2.64 bits per heavy atom. The maximum absolute atomic E-state index is 9.45. The lowest BCUT2D eigenvalue weighted by Crippen LogP contribution is -2.32. The Labute approximate surface area is 67.2 Å². The van der Waals surface area contributed by atoms with Crippen molar-refractivity contribution in [1.82, 2.24) is 0 Å². The van der Waals surface area contributed by atoms with E-state index in [1.807, 2.05) is 0 Å². The number of rotatable bonds is 2. The Morgan fingerprint density at radius 2 is 2.00 bits per heavy atom. The predicted molar refractivity (Wildman–Crippen MR) is 43.0 cm³/mol. The van der Waals surface area contributed by atoms with E-state index in [0.717, 1.165) is 25.7 Å². The summed E-state index contributed by atoms with van der Waals surface area (Å²) < 4.78 is 0. The smallest absolute Gasteiger partial charge is 0.0570 e. The van der Waals surface area contributed by atoms with Gasteiger partial charge in [0.2, 0.25) is 0 Å². The zero-order valence-corrected chi connectivity index (χ0v) is 6.74. The number of hydrogen-bond donors (Lipinski definition) is 3. The van der Waals surface area contributed by atoms with Gasteiger partial charge in [0.15, 0.2) is 0 Å². The Morgan fingerprint density at radius 1 is 1.27 bits per heavy atom. The van der Waals surface area contributed by atoms with Gasteiger partial charge in [-0.15, -0.1) is 0 Å². The summed E-state index contributed by atoms with van der Waals surface area (Å²) in [5.41, 5.74) is 5.37. The molecule has 0 heterocycles. The zero-order valence-electron chi connectivity index (χ0n) is 6.74. The van der Waals surface area contributed by atoms with E-state index in [1.165, 1.54) is 0 Å². The van der Waals surface area contributed by atoms with E-state index < -0.39 is 0 Å². The van der Waals surface area contributed by atoms with Crippen molar-refractivity contribution in [2.75, 3.05) is 6.54 Å². The SMILES string of the molecule is NCCC1CC(O)CCC1O. The molecule has 1 fully saturated rings. The normalized spacial score (nSPS) is 39.0. The molecule has 66 valence electrons. The van der Waals surface area contributed by atoms with Gasteiger partial charge in [0.25, 0.3) is 0 Å². The minimum atomic E-state index is -0.234. The molecule has 1 aliphatic carbocycles. The van der Waals surface area contributed by atoms with Gasteiger partial charge in [0, 0.05) is 0 Å². The molecule has 4 N–H and O–H groups in total. The molecule has 0 bridgehead atoms. The molecule has 0 amide bonds. The molecule has 0 aliphatic heterocycles. The van der Waals surface area contributed by atoms with E-state index in [-0.39, 0.29) is 18.1 Å². The standard InChI is InChI=1S/C8H17NO2/c9-4-3-6-5-7(10)1-2-8(6)11/h6-8,10-11H,1-5,9H2. The van der Waals surface area contributed by atoms with Crippen LogP contribution in [0.5, 0.6) is 0 Å². The molecule has 0 aromatic carbocycles. The molecule has 1 saturated carbocycles. The van der Waals surface area contributed by atoms with Gasteiger partial charge in [0.05, 0.1) is 12.2 Å². The van der Waals surface area contributed by atoms with Crippen molar-refractivity contribution in [3.8, 4) is 0 Å². The van der Waals surface area contributed by atoms with Gasteiger partial charge in [-0.05, 0) is 38.1 Å². The third-order valence-electron chi connectivity index (χ3n) is 2.45. The summed E-state index contributed by atoms with van der Waals surface area (Å²) in [6.07, 6.45) is 2.57. The second-order valence-corrected chi connectivity index (χ2v) is 3.37. The first kappa shape index (κ1) is 8.97. The lowest BCUT2D eigenvalue weighted by atomic mass is 9.83. The highest BCUT2D eigenvalue weighted by molar-refractivity contribution is 4.79. The Kier molecular flexibility index (Phi) is 3.30. The molecule has 0 saturated heterocycles. The van der Waals surface area contributed by atoms with Crippen LogP contribution in [0.2, 0.25) is 0 Å². The van der Waals surface area contributed by atoms with Gasteiger partial charge in [-0.2, -0.15) is 0 Å². The lowest BCUT2D eigenvalue weighted by Gasteiger charge is -2.30. The molecule has 1 rings (SSSR count). The Balaban J connectivity index is 2.34. The maximum atomic E-state index is 9.45. The largest absolute Gasteiger partial charge is 0.393 e. The van der Waals surface area contributed by atoms with Crippen molar-refractivity contribution < 1.29 is 10.2 Å². The van der Waals surface area contributed by atoms with Crippen LogP contribution in [-0.2, 0) is 0 Å². The minimum absolute atomic E-state index is 0.213. The van der Waals surface area contributed by atoms with Crippen LogP contribution in [0.3, 0.4) is 0 Å². The van der Waals surface area contributed by atoms with Gasteiger partial charge in [0.1, 0.15) is 0 Å². The zero-order chi connectivity index (χ0) is 8.27. The van der Waals surface area contributed by atoms with Crippen LogP contribution in [-0.4, -0.2) is 29.0 Å². The average molecular weight is 159 g/mol. The summed E-state index contributed by atoms with van der Waals surface area (Å²) in [5, 5.41) is 18.7. The topological polar surface area (TPSA) is 66.5 Å². The van der Waals surface area contributed by atoms with E-state index in [1.54, 1.807) is 0 Å². The van der Waals surface area contributed by atoms with Gasteiger partial charge >= 0.3 is 0 Å². The van der Waals surface area contributed by atoms with Crippen LogP contribution in [0.15, 0.2) is 0 Å². The Hall–Kier alpha value is -0.120. The fraction of sp³-hybridized carbons (Fsp3) is 1.00.